The molecule has 0 aliphatic rings. The van der Waals surface area contributed by atoms with Crippen LogP contribution in [0.2, 0.25) is 0 Å². The molecule has 0 saturated heterocycles. The van der Waals surface area contributed by atoms with Gasteiger partial charge in [-0.2, -0.15) is 0 Å². The smallest absolute Gasteiger partial charge is 0.320 e. The van der Waals surface area contributed by atoms with E-state index in [9.17, 15) is 19.5 Å². The minimum absolute atomic E-state index is 0.190. The summed E-state index contributed by atoms with van der Waals surface area (Å²) >= 11 is 0. The molecule has 0 bridgehead atoms. The Balaban J connectivity index is 2.72. The summed E-state index contributed by atoms with van der Waals surface area (Å²) in [4.78, 5) is 37.4. The lowest BCUT2D eigenvalue weighted by atomic mass is 10.0. The third-order valence-electron chi connectivity index (χ3n) is 5.72. The van der Waals surface area contributed by atoms with Gasteiger partial charge < -0.3 is 21.5 Å². The van der Waals surface area contributed by atoms with E-state index in [0.717, 1.165) is 51.5 Å². The molecule has 1 aromatic carbocycles. The van der Waals surface area contributed by atoms with Crippen LogP contribution >= 0.6 is 0 Å². The Kier molecular flexibility index (Phi) is 14.8. The number of aliphatic carboxylic acids is 1. The number of carboxylic acids is 1. The van der Waals surface area contributed by atoms with Crippen LogP contribution < -0.4 is 21.7 Å². The van der Waals surface area contributed by atoms with Crippen LogP contribution in [-0.4, -0.2) is 47.6 Å². The molecule has 8 nitrogen and oxygen atoms in total. The normalized spacial score (nSPS) is 13.8. The zero-order valence-corrected chi connectivity index (χ0v) is 21.0. The number of carbonyl (C=O) groups excluding carboxylic acids is 2. The zero-order chi connectivity index (χ0) is 25.3. The average Bonchev–Trinajstić information content (AvgIpc) is 2.79. The number of carbonyl (C=O) groups is 3. The Hall–Kier alpha value is -2.45. The molecular weight excluding hydrogens is 432 g/mol. The quantitative estimate of drug-likeness (QED) is 0.205. The molecule has 0 aromatic heterocycles. The van der Waals surface area contributed by atoms with Crippen molar-refractivity contribution in [2.45, 2.75) is 96.7 Å². The van der Waals surface area contributed by atoms with Crippen LogP contribution in [0.3, 0.4) is 0 Å². The van der Waals surface area contributed by atoms with Crippen molar-refractivity contribution in [1.29, 1.82) is 0 Å². The predicted octanol–water partition coefficient (Wildman–Crippen LogP) is 3.67. The van der Waals surface area contributed by atoms with Crippen molar-refractivity contribution in [1.82, 2.24) is 10.6 Å². The van der Waals surface area contributed by atoms with Gasteiger partial charge in [0.05, 0.1) is 6.04 Å². The van der Waals surface area contributed by atoms with Crippen LogP contribution in [0, 0.1) is 5.92 Å². The molecule has 8 heteroatoms. The Morgan fingerprint density at radius 1 is 0.853 bits per heavy atom. The first-order chi connectivity index (χ1) is 16.2. The van der Waals surface area contributed by atoms with Crippen molar-refractivity contribution in [3.8, 4) is 0 Å². The van der Waals surface area contributed by atoms with Crippen LogP contribution in [0.15, 0.2) is 30.3 Å². The summed E-state index contributed by atoms with van der Waals surface area (Å²) in [6.07, 6.45) is 8.32. The number of amides is 2. The van der Waals surface area contributed by atoms with E-state index in [1.807, 2.05) is 32.0 Å². The first-order valence-corrected chi connectivity index (χ1v) is 12.6. The molecule has 34 heavy (non-hydrogen) atoms. The molecule has 0 radical (unpaired) electrons. The van der Waals surface area contributed by atoms with Crippen molar-refractivity contribution in [3.63, 3.8) is 0 Å². The fourth-order valence-corrected chi connectivity index (χ4v) is 3.77. The highest BCUT2D eigenvalue weighted by atomic mass is 16.4. The average molecular weight is 477 g/mol. The van der Waals surface area contributed by atoms with Gasteiger partial charge in [-0.15, -0.1) is 0 Å². The first kappa shape index (κ1) is 29.6. The molecule has 1 rings (SSSR count). The Morgan fingerprint density at radius 3 is 2.00 bits per heavy atom. The minimum atomic E-state index is -1.02. The van der Waals surface area contributed by atoms with E-state index in [1.165, 1.54) is 6.92 Å². The van der Waals surface area contributed by atoms with Gasteiger partial charge in [0.15, 0.2) is 0 Å². The third kappa shape index (κ3) is 12.7. The number of para-hydroxylation sites is 1. The second-order valence-electron chi connectivity index (χ2n) is 9.38. The number of hydrogen-bond acceptors (Lipinski definition) is 5. The highest BCUT2D eigenvalue weighted by molar-refractivity contribution is 5.97. The van der Waals surface area contributed by atoms with Crippen LogP contribution in [0.5, 0.6) is 0 Å². The van der Waals surface area contributed by atoms with Crippen molar-refractivity contribution < 1.29 is 19.5 Å². The summed E-state index contributed by atoms with van der Waals surface area (Å²) in [6, 6.07) is 6.86. The molecule has 0 aliphatic heterocycles. The van der Waals surface area contributed by atoms with Gasteiger partial charge in [0.1, 0.15) is 12.1 Å². The van der Waals surface area contributed by atoms with E-state index in [1.54, 1.807) is 12.1 Å². The summed E-state index contributed by atoms with van der Waals surface area (Å²) in [7, 11) is 0. The number of nitrogens with two attached hydrogens (primary N) is 1. The molecule has 0 aliphatic carbocycles. The van der Waals surface area contributed by atoms with Gasteiger partial charge in [0.25, 0.3) is 0 Å². The van der Waals surface area contributed by atoms with E-state index in [2.05, 4.69) is 16.0 Å². The zero-order valence-electron chi connectivity index (χ0n) is 21.0. The minimum Gasteiger partial charge on any atom is -0.480 e. The largest absolute Gasteiger partial charge is 0.480 e. The lowest BCUT2D eigenvalue weighted by Gasteiger charge is -2.25. The van der Waals surface area contributed by atoms with Gasteiger partial charge in [0, 0.05) is 5.69 Å². The fraction of sp³-hybridized carbons (Fsp3) is 0.654. The Morgan fingerprint density at radius 2 is 1.44 bits per heavy atom. The van der Waals surface area contributed by atoms with Crippen molar-refractivity contribution in [3.05, 3.63) is 30.3 Å². The number of hydrogen-bond donors (Lipinski definition) is 5. The van der Waals surface area contributed by atoms with Gasteiger partial charge >= 0.3 is 5.97 Å². The molecule has 0 fully saturated rings. The topological polar surface area (TPSA) is 134 Å². The van der Waals surface area contributed by atoms with Gasteiger partial charge in [-0.1, -0.05) is 70.6 Å². The lowest BCUT2D eigenvalue weighted by Crippen LogP contribution is -2.54. The molecule has 0 saturated carbocycles. The molecule has 1 aromatic rings. The van der Waals surface area contributed by atoms with Gasteiger partial charge in [-0.3, -0.25) is 19.7 Å². The van der Waals surface area contributed by atoms with Crippen molar-refractivity contribution in [2.75, 3.05) is 11.9 Å². The molecule has 0 heterocycles. The second kappa shape index (κ2) is 17.1. The SMILES string of the molecule is CC(C)C[C@H](NC(=O)[C@H](CCCCCCCCCN)N[C@H](C)C(=O)O)C(=O)Nc1ccccc1. The summed E-state index contributed by atoms with van der Waals surface area (Å²) < 4.78 is 0. The number of unbranched alkanes of at least 4 members (excludes halogenated alkanes) is 6. The molecule has 0 unspecified atom stereocenters. The van der Waals surface area contributed by atoms with Gasteiger partial charge in [-0.05, 0) is 50.8 Å². The first-order valence-electron chi connectivity index (χ1n) is 12.6. The third-order valence-corrected chi connectivity index (χ3v) is 5.72. The summed E-state index contributed by atoms with van der Waals surface area (Å²) in [5.74, 6) is -1.45. The maximum Gasteiger partial charge on any atom is 0.320 e. The molecule has 192 valence electrons. The lowest BCUT2D eigenvalue weighted by molar-refractivity contribution is -0.139. The van der Waals surface area contributed by atoms with E-state index in [0.29, 0.717) is 18.5 Å². The maximum atomic E-state index is 13.1. The second-order valence-corrected chi connectivity index (χ2v) is 9.38. The van der Waals surface area contributed by atoms with Crippen molar-refractivity contribution in [2.24, 2.45) is 11.7 Å². The highest BCUT2D eigenvalue weighted by Gasteiger charge is 2.28. The van der Waals surface area contributed by atoms with Crippen LogP contribution in [0.4, 0.5) is 5.69 Å². The van der Waals surface area contributed by atoms with E-state index in [-0.39, 0.29) is 17.7 Å². The molecule has 2 amide bonds. The molecule has 3 atom stereocenters. The van der Waals surface area contributed by atoms with Crippen LogP contribution in [-0.2, 0) is 14.4 Å². The Labute approximate surface area is 204 Å². The van der Waals surface area contributed by atoms with Crippen LogP contribution in [0.1, 0.15) is 78.6 Å². The summed E-state index contributed by atoms with van der Waals surface area (Å²) in [5.41, 5.74) is 6.18. The number of anilines is 1. The standard InChI is InChI=1S/C26H44N4O4/c1-19(2)18-23(25(32)29-21-14-10-9-11-15-21)30-24(31)22(28-20(3)26(33)34)16-12-7-5-4-6-8-13-17-27/h9-11,14-15,19-20,22-23,28H,4-8,12-13,16-18,27H2,1-3H3,(H,29,32)(H,30,31)(H,33,34)/t20-,22+,23+/m1/s1. The number of nitrogens with one attached hydrogen (secondary N) is 3. The molecule has 6 N–H and O–H groups in total. The molecule has 0 spiro atoms. The maximum absolute atomic E-state index is 13.1. The number of carboxylic acid groups (broad SMARTS) is 1. The van der Waals surface area contributed by atoms with Gasteiger partial charge in [0.2, 0.25) is 11.8 Å². The fourth-order valence-electron chi connectivity index (χ4n) is 3.77. The van der Waals surface area contributed by atoms with Gasteiger partial charge in [-0.25, -0.2) is 0 Å². The molecular formula is C26H44N4O4. The van der Waals surface area contributed by atoms with Crippen LogP contribution in [0.25, 0.3) is 0 Å². The van der Waals surface area contributed by atoms with E-state index in [4.69, 9.17) is 5.73 Å². The van der Waals surface area contributed by atoms with E-state index >= 15 is 0 Å². The number of rotatable bonds is 18. The van der Waals surface area contributed by atoms with Crippen molar-refractivity contribution >= 4 is 23.5 Å². The monoisotopic (exact) mass is 476 g/mol. The van der Waals surface area contributed by atoms with E-state index < -0.39 is 24.1 Å². The summed E-state index contributed by atoms with van der Waals surface area (Å²) in [6.45, 7) is 6.23. The summed E-state index contributed by atoms with van der Waals surface area (Å²) in [5, 5.41) is 18.0. The number of benzene rings is 1. The predicted molar refractivity (Wildman–Crippen MR) is 136 cm³/mol. The Bertz CT molecular complexity index is 727. The highest BCUT2D eigenvalue weighted by Crippen LogP contribution is 2.13.